The van der Waals surface area contributed by atoms with E-state index in [1.807, 2.05) is 24.3 Å². The molecule has 0 aromatic heterocycles. The Morgan fingerprint density at radius 1 is 1.33 bits per heavy atom. The first-order valence-corrected chi connectivity index (χ1v) is 7.93. The van der Waals surface area contributed by atoms with E-state index >= 15 is 0 Å². The highest BCUT2D eigenvalue weighted by Crippen LogP contribution is 2.25. The van der Waals surface area contributed by atoms with Gasteiger partial charge in [-0.1, -0.05) is 44.2 Å². The highest BCUT2D eigenvalue weighted by molar-refractivity contribution is 5.85. The number of carboxylic acid groups (broad SMARTS) is 1. The minimum absolute atomic E-state index is 0.717. The van der Waals surface area contributed by atoms with Gasteiger partial charge in [-0.2, -0.15) is 0 Å². The number of hydrogen-bond acceptors (Lipinski definition) is 2. The lowest BCUT2D eigenvalue weighted by molar-refractivity contribution is 0.203. The van der Waals surface area contributed by atoms with Gasteiger partial charge in [0.2, 0.25) is 0 Å². The zero-order chi connectivity index (χ0) is 15.1. The van der Waals surface area contributed by atoms with Crippen LogP contribution in [0.5, 0.6) is 0 Å². The van der Waals surface area contributed by atoms with Crippen LogP contribution in [0.15, 0.2) is 24.3 Å². The monoisotopic (exact) mass is 290 g/mol. The van der Waals surface area contributed by atoms with Gasteiger partial charge in [-0.15, -0.1) is 0 Å². The predicted molar refractivity (Wildman–Crippen MR) is 85.8 cm³/mol. The van der Waals surface area contributed by atoms with Crippen molar-refractivity contribution >= 4 is 11.8 Å². The molecule has 0 radical (unpaired) electrons. The van der Waals surface area contributed by atoms with E-state index in [0.29, 0.717) is 5.69 Å². The summed E-state index contributed by atoms with van der Waals surface area (Å²) in [7, 11) is 1.57. The summed E-state index contributed by atoms with van der Waals surface area (Å²) in [6.07, 6.45) is 7.31. The van der Waals surface area contributed by atoms with Crippen LogP contribution in [0.4, 0.5) is 10.5 Å². The summed E-state index contributed by atoms with van der Waals surface area (Å²) < 4.78 is 0. The Bertz CT molecular complexity index is 456. The van der Waals surface area contributed by atoms with Gasteiger partial charge in [0.05, 0.1) is 0 Å². The zero-order valence-electron chi connectivity index (χ0n) is 12.8. The fraction of sp³-hybridized carbons (Fsp3) is 0.588. The molecule has 1 saturated carbocycles. The van der Waals surface area contributed by atoms with Crippen LogP contribution in [-0.4, -0.2) is 24.8 Å². The van der Waals surface area contributed by atoms with Crippen LogP contribution in [0, 0.1) is 5.92 Å². The van der Waals surface area contributed by atoms with Crippen LogP contribution >= 0.6 is 0 Å². The number of amides is 1. The minimum atomic E-state index is -0.933. The molecule has 116 valence electrons. The van der Waals surface area contributed by atoms with E-state index in [1.165, 1.54) is 43.4 Å². The molecule has 0 spiro atoms. The Kier molecular flexibility index (Phi) is 6.05. The van der Waals surface area contributed by atoms with Crippen LogP contribution in [0.1, 0.15) is 44.1 Å². The maximum atomic E-state index is 11.0. The van der Waals surface area contributed by atoms with E-state index in [9.17, 15) is 4.79 Å². The summed E-state index contributed by atoms with van der Waals surface area (Å²) in [5.74, 6) is 0.899. The number of nitrogens with one attached hydrogen (secondary N) is 1. The highest BCUT2D eigenvalue weighted by Gasteiger charge is 2.12. The van der Waals surface area contributed by atoms with Crippen LogP contribution in [-0.2, 0) is 6.54 Å². The topological polar surface area (TPSA) is 52.6 Å². The Morgan fingerprint density at radius 2 is 2.10 bits per heavy atom. The van der Waals surface area contributed by atoms with Gasteiger partial charge in [-0.3, -0.25) is 4.90 Å². The van der Waals surface area contributed by atoms with Gasteiger partial charge < -0.3 is 10.4 Å². The third kappa shape index (κ3) is 5.05. The van der Waals surface area contributed by atoms with Gasteiger partial charge >= 0.3 is 6.09 Å². The fourth-order valence-corrected chi connectivity index (χ4v) is 3.00. The Hall–Kier alpha value is -1.55. The molecule has 0 heterocycles. The largest absolute Gasteiger partial charge is 0.465 e. The maximum Gasteiger partial charge on any atom is 0.411 e. The lowest BCUT2D eigenvalue weighted by atomic mass is 9.87. The van der Waals surface area contributed by atoms with Crippen molar-refractivity contribution < 1.29 is 9.90 Å². The van der Waals surface area contributed by atoms with Gasteiger partial charge in [0.15, 0.2) is 0 Å². The Morgan fingerprint density at radius 3 is 2.81 bits per heavy atom. The molecule has 2 N–H and O–H groups in total. The molecule has 4 nitrogen and oxygen atoms in total. The number of hydrogen-bond donors (Lipinski definition) is 2. The zero-order valence-corrected chi connectivity index (χ0v) is 12.8. The van der Waals surface area contributed by atoms with Gasteiger partial charge in [-0.05, 0) is 36.6 Å². The summed E-state index contributed by atoms with van der Waals surface area (Å²) in [6.45, 7) is 1.84. The number of benzene rings is 1. The van der Waals surface area contributed by atoms with Crippen molar-refractivity contribution in [1.29, 1.82) is 0 Å². The standard InChI is InChI=1S/C17H26N2O2/c1-19(17(20)21)16-9-5-8-15(12-16)13-18-11-10-14-6-3-2-4-7-14/h5,8-9,12,14,18H,2-4,6-7,10-11,13H2,1H3,(H,20,21). The molecule has 1 amide bonds. The second-order valence-electron chi connectivity index (χ2n) is 5.98. The lowest BCUT2D eigenvalue weighted by Crippen LogP contribution is -2.24. The molecule has 4 heteroatoms. The van der Waals surface area contributed by atoms with Crippen LogP contribution in [0.2, 0.25) is 0 Å². The van der Waals surface area contributed by atoms with E-state index in [-0.39, 0.29) is 0 Å². The van der Waals surface area contributed by atoms with Gasteiger partial charge in [0.25, 0.3) is 0 Å². The van der Waals surface area contributed by atoms with Crippen molar-refractivity contribution in [2.75, 3.05) is 18.5 Å². The second-order valence-corrected chi connectivity index (χ2v) is 5.98. The number of nitrogens with zero attached hydrogens (tertiary/aromatic N) is 1. The molecule has 1 aliphatic carbocycles. The van der Waals surface area contributed by atoms with E-state index in [2.05, 4.69) is 5.32 Å². The molecule has 0 aliphatic heterocycles. The summed E-state index contributed by atoms with van der Waals surface area (Å²) in [6, 6.07) is 7.70. The van der Waals surface area contributed by atoms with Crippen LogP contribution in [0.25, 0.3) is 0 Å². The number of anilines is 1. The lowest BCUT2D eigenvalue weighted by Gasteiger charge is -2.21. The molecular weight excluding hydrogens is 264 g/mol. The summed E-state index contributed by atoms with van der Waals surface area (Å²) in [5.41, 5.74) is 1.85. The molecule has 1 fully saturated rings. The van der Waals surface area contributed by atoms with Crippen molar-refractivity contribution in [2.45, 2.75) is 45.1 Å². The van der Waals surface area contributed by atoms with Crippen molar-refractivity contribution in [3.8, 4) is 0 Å². The smallest absolute Gasteiger partial charge is 0.411 e. The quantitative estimate of drug-likeness (QED) is 0.782. The first-order valence-electron chi connectivity index (χ1n) is 7.93. The average Bonchev–Trinajstić information content (AvgIpc) is 2.52. The van der Waals surface area contributed by atoms with Crippen LogP contribution in [0.3, 0.4) is 0 Å². The third-order valence-corrected chi connectivity index (χ3v) is 4.37. The minimum Gasteiger partial charge on any atom is -0.465 e. The predicted octanol–water partition coefficient (Wildman–Crippen LogP) is 3.86. The first-order chi connectivity index (χ1) is 10.2. The summed E-state index contributed by atoms with van der Waals surface area (Å²) in [4.78, 5) is 12.2. The number of rotatable bonds is 6. The van der Waals surface area contributed by atoms with E-state index in [4.69, 9.17) is 5.11 Å². The Balaban J connectivity index is 1.75. The molecule has 1 aliphatic rings. The third-order valence-electron chi connectivity index (χ3n) is 4.37. The molecule has 0 bridgehead atoms. The fourth-order valence-electron chi connectivity index (χ4n) is 3.00. The first kappa shape index (κ1) is 15.8. The van der Waals surface area contributed by atoms with Crippen LogP contribution < -0.4 is 10.2 Å². The second kappa shape index (κ2) is 8.03. The molecule has 1 aromatic rings. The normalized spacial score (nSPS) is 15.9. The van der Waals surface area contributed by atoms with Gasteiger partial charge in [0, 0.05) is 19.3 Å². The van der Waals surface area contributed by atoms with Gasteiger partial charge in [0.1, 0.15) is 0 Å². The maximum absolute atomic E-state index is 11.0. The molecule has 1 aromatic carbocycles. The molecule has 0 saturated heterocycles. The molecule has 21 heavy (non-hydrogen) atoms. The van der Waals surface area contributed by atoms with E-state index in [1.54, 1.807) is 7.05 Å². The van der Waals surface area contributed by atoms with Gasteiger partial charge in [-0.25, -0.2) is 4.79 Å². The van der Waals surface area contributed by atoms with Crippen molar-refractivity contribution in [3.63, 3.8) is 0 Å². The van der Waals surface area contributed by atoms with Crippen molar-refractivity contribution in [1.82, 2.24) is 5.32 Å². The van der Waals surface area contributed by atoms with Crippen molar-refractivity contribution in [3.05, 3.63) is 29.8 Å². The molecular formula is C17H26N2O2. The molecule has 0 unspecified atom stereocenters. The molecule has 2 rings (SSSR count). The highest BCUT2D eigenvalue weighted by atomic mass is 16.4. The Labute approximate surface area is 127 Å². The van der Waals surface area contributed by atoms with E-state index in [0.717, 1.165) is 24.6 Å². The summed E-state index contributed by atoms with van der Waals surface area (Å²) >= 11 is 0. The number of carbonyl (C=O) groups is 1. The SMILES string of the molecule is CN(C(=O)O)c1cccc(CNCCC2CCCCC2)c1. The molecule has 0 atom stereocenters. The van der Waals surface area contributed by atoms with E-state index < -0.39 is 6.09 Å². The van der Waals surface area contributed by atoms with Crippen molar-refractivity contribution in [2.24, 2.45) is 5.92 Å². The summed E-state index contributed by atoms with van der Waals surface area (Å²) in [5, 5.41) is 12.5. The average molecular weight is 290 g/mol.